The van der Waals surface area contributed by atoms with E-state index in [-0.39, 0.29) is 17.2 Å². The van der Waals surface area contributed by atoms with Crippen molar-refractivity contribution in [2.45, 2.75) is 18.1 Å². The van der Waals surface area contributed by atoms with Crippen molar-refractivity contribution in [2.24, 2.45) is 0 Å². The quantitative estimate of drug-likeness (QED) is 0.527. The van der Waals surface area contributed by atoms with E-state index in [1.54, 1.807) is 4.57 Å². The lowest BCUT2D eigenvalue weighted by Gasteiger charge is -2.26. The largest absolute Gasteiger partial charge is 0.378 e. The molecule has 1 amide bonds. The number of amides is 1. The van der Waals surface area contributed by atoms with Gasteiger partial charge in [0.05, 0.1) is 50.5 Å². The van der Waals surface area contributed by atoms with E-state index in [0.717, 1.165) is 13.0 Å². The average Bonchev–Trinajstić information content (AvgIpc) is 2.68. The van der Waals surface area contributed by atoms with Crippen LogP contribution in [-0.4, -0.2) is 73.1 Å². The second kappa shape index (κ2) is 9.34. The van der Waals surface area contributed by atoms with Gasteiger partial charge in [0.1, 0.15) is 0 Å². The third kappa shape index (κ3) is 5.09. The summed E-state index contributed by atoms with van der Waals surface area (Å²) in [5.41, 5.74) is 0.647. The van der Waals surface area contributed by atoms with E-state index < -0.39 is 0 Å². The van der Waals surface area contributed by atoms with Gasteiger partial charge in [-0.1, -0.05) is 23.9 Å². The van der Waals surface area contributed by atoms with Crippen molar-refractivity contribution in [1.29, 1.82) is 0 Å². The number of fused-ring (bicyclic) bond motifs is 1. The Hall–Kier alpha value is -1.90. The van der Waals surface area contributed by atoms with Crippen LogP contribution in [0.4, 0.5) is 0 Å². The van der Waals surface area contributed by atoms with Crippen molar-refractivity contribution in [3.63, 3.8) is 0 Å². The number of morpholine rings is 1. The Bertz CT molecular complexity index is 846. The van der Waals surface area contributed by atoms with Crippen LogP contribution >= 0.6 is 11.8 Å². The van der Waals surface area contributed by atoms with Crippen molar-refractivity contribution in [3.8, 4) is 0 Å². The molecule has 1 aromatic heterocycles. The number of rotatable bonds is 7. The summed E-state index contributed by atoms with van der Waals surface area (Å²) < 4.78 is 7.02. The van der Waals surface area contributed by atoms with Gasteiger partial charge in [0.2, 0.25) is 5.91 Å². The van der Waals surface area contributed by atoms with Crippen LogP contribution in [0.25, 0.3) is 10.9 Å². The highest BCUT2D eigenvalue weighted by Crippen LogP contribution is 2.19. The number of carbonyl (C=O) groups is 1. The van der Waals surface area contributed by atoms with Crippen LogP contribution in [0.2, 0.25) is 0 Å². The fraction of sp³-hybridized carbons (Fsp3) is 0.526. The monoisotopic (exact) mass is 391 g/mol. The lowest BCUT2D eigenvalue weighted by atomic mass is 10.2. The first kappa shape index (κ1) is 19.9. The molecule has 1 aromatic carbocycles. The molecule has 146 valence electrons. The van der Waals surface area contributed by atoms with Gasteiger partial charge in [-0.25, -0.2) is 4.98 Å². The standard InChI is InChI=1S/C19H26N4O3S/c1-21(2)8-5-9-23-18(25)15-6-3-4-7-16(15)20-19(23)27-14-17(24)22-10-12-26-13-11-22/h3-4,6-7H,5,8-14H2,1-2H3/p+1. The maximum absolute atomic E-state index is 13.0. The Morgan fingerprint density at radius 1 is 1.26 bits per heavy atom. The van der Waals surface area contributed by atoms with Gasteiger partial charge in [0, 0.05) is 26.1 Å². The number of benzene rings is 1. The van der Waals surface area contributed by atoms with Crippen LogP contribution in [0, 0.1) is 0 Å². The highest BCUT2D eigenvalue weighted by Gasteiger charge is 2.19. The fourth-order valence-corrected chi connectivity index (χ4v) is 4.00. The molecule has 0 spiro atoms. The van der Waals surface area contributed by atoms with Crippen molar-refractivity contribution in [3.05, 3.63) is 34.6 Å². The number of quaternary nitrogens is 1. The summed E-state index contributed by atoms with van der Waals surface area (Å²) in [6.45, 7) is 4.00. The molecule has 7 nitrogen and oxygen atoms in total. The molecule has 0 unspecified atom stereocenters. The van der Waals surface area contributed by atoms with Crippen molar-refractivity contribution in [2.75, 3.05) is 52.7 Å². The van der Waals surface area contributed by atoms with Gasteiger partial charge >= 0.3 is 0 Å². The van der Waals surface area contributed by atoms with Gasteiger partial charge < -0.3 is 14.5 Å². The number of hydrogen-bond acceptors (Lipinski definition) is 5. The van der Waals surface area contributed by atoms with Crippen molar-refractivity contribution < 1.29 is 14.4 Å². The van der Waals surface area contributed by atoms with Gasteiger partial charge in [-0.05, 0) is 12.1 Å². The van der Waals surface area contributed by atoms with Crippen LogP contribution in [0.1, 0.15) is 6.42 Å². The lowest BCUT2D eigenvalue weighted by molar-refractivity contribution is -0.858. The fourth-order valence-electron chi connectivity index (χ4n) is 3.08. The molecule has 2 aromatic rings. The molecule has 1 aliphatic heterocycles. The first-order valence-electron chi connectivity index (χ1n) is 9.33. The number of nitrogens with zero attached hydrogens (tertiary/aromatic N) is 3. The molecular formula is C19H27N4O3S+. The molecule has 1 saturated heterocycles. The molecule has 0 radical (unpaired) electrons. The summed E-state index contributed by atoms with van der Waals surface area (Å²) in [6.07, 6.45) is 0.882. The average molecular weight is 392 g/mol. The molecule has 8 heteroatoms. The zero-order chi connectivity index (χ0) is 19.2. The van der Waals surface area contributed by atoms with E-state index in [4.69, 9.17) is 4.74 Å². The molecule has 0 atom stereocenters. The SMILES string of the molecule is C[NH+](C)CCCn1c(SCC(=O)N2CCOCC2)nc2ccccc2c1=O. The Morgan fingerprint density at radius 3 is 2.74 bits per heavy atom. The van der Waals surface area contributed by atoms with Gasteiger partial charge in [0.15, 0.2) is 5.16 Å². The Kier molecular flexibility index (Phi) is 6.87. The molecule has 3 rings (SSSR count). The predicted molar refractivity (Wildman–Crippen MR) is 106 cm³/mol. The summed E-state index contributed by atoms with van der Waals surface area (Å²) in [6, 6.07) is 7.39. The number of carbonyl (C=O) groups excluding carboxylic acids is 1. The predicted octanol–water partition coefficient (Wildman–Crippen LogP) is -0.118. The van der Waals surface area contributed by atoms with E-state index in [1.165, 1.54) is 16.7 Å². The summed E-state index contributed by atoms with van der Waals surface area (Å²) >= 11 is 1.35. The van der Waals surface area contributed by atoms with Crippen LogP contribution in [0.15, 0.2) is 34.2 Å². The van der Waals surface area contributed by atoms with Crippen LogP contribution in [-0.2, 0) is 16.1 Å². The third-order valence-electron chi connectivity index (χ3n) is 4.57. The van der Waals surface area contributed by atoms with E-state index >= 15 is 0 Å². The Labute approximate surface area is 163 Å². The van der Waals surface area contributed by atoms with E-state index in [1.807, 2.05) is 29.2 Å². The first-order valence-corrected chi connectivity index (χ1v) is 10.3. The van der Waals surface area contributed by atoms with E-state index in [2.05, 4.69) is 19.1 Å². The summed E-state index contributed by atoms with van der Waals surface area (Å²) in [5, 5.41) is 1.24. The molecule has 1 fully saturated rings. The Balaban J connectivity index is 1.80. The number of nitrogens with one attached hydrogen (secondary N) is 1. The van der Waals surface area contributed by atoms with Gasteiger partial charge in [-0.15, -0.1) is 0 Å². The molecule has 1 aliphatic rings. The second-order valence-electron chi connectivity index (χ2n) is 6.96. The molecule has 0 aliphatic carbocycles. The highest BCUT2D eigenvalue weighted by molar-refractivity contribution is 7.99. The zero-order valence-electron chi connectivity index (χ0n) is 15.9. The van der Waals surface area contributed by atoms with Gasteiger partial charge in [-0.3, -0.25) is 14.2 Å². The minimum absolute atomic E-state index is 0.0318. The lowest BCUT2D eigenvalue weighted by Crippen LogP contribution is -3.05. The smallest absolute Gasteiger partial charge is 0.262 e. The molecule has 0 saturated carbocycles. The summed E-state index contributed by atoms with van der Waals surface area (Å²) in [5.74, 6) is 0.346. The molecule has 0 bridgehead atoms. The van der Waals surface area contributed by atoms with E-state index in [0.29, 0.717) is 48.9 Å². The third-order valence-corrected chi connectivity index (χ3v) is 5.53. The number of para-hydroxylation sites is 1. The topological polar surface area (TPSA) is 68.9 Å². The summed E-state index contributed by atoms with van der Waals surface area (Å²) in [7, 11) is 4.19. The molecule has 27 heavy (non-hydrogen) atoms. The maximum atomic E-state index is 13.0. The molecule has 2 heterocycles. The van der Waals surface area contributed by atoms with Crippen LogP contribution in [0.3, 0.4) is 0 Å². The van der Waals surface area contributed by atoms with Gasteiger partial charge in [-0.2, -0.15) is 0 Å². The number of hydrogen-bond donors (Lipinski definition) is 1. The Morgan fingerprint density at radius 2 is 2.00 bits per heavy atom. The number of ether oxygens (including phenoxy) is 1. The minimum Gasteiger partial charge on any atom is -0.378 e. The molecular weight excluding hydrogens is 364 g/mol. The normalized spacial score (nSPS) is 14.9. The minimum atomic E-state index is -0.0318. The van der Waals surface area contributed by atoms with Crippen molar-refractivity contribution >= 4 is 28.6 Å². The summed E-state index contributed by atoms with van der Waals surface area (Å²) in [4.78, 5) is 33.3. The number of aromatic nitrogens is 2. The first-order chi connectivity index (χ1) is 13.1. The van der Waals surface area contributed by atoms with Crippen molar-refractivity contribution in [1.82, 2.24) is 14.5 Å². The van der Waals surface area contributed by atoms with Gasteiger partial charge in [0.25, 0.3) is 5.56 Å². The maximum Gasteiger partial charge on any atom is 0.262 e. The highest BCUT2D eigenvalue weighted by atomic mass is 32.2. The molecule has 1 N–H and O–H groups in total. The van der Waals surface area contributed by atoms with E-state index in [9.17, 15) is 9.59 Å². The second-order valence-corrected chi connectivity index (χ2v) is 7.90. The number of thioether (sulfide) groups is 1. The van der Waals surface area contributed by atoms with Crippen LogP contribution in [0.5, 0.6) is 0 Å². The zero-order valence-corrected chi connectivity index (χ0v) is 16.8. The van der Waals surface area contributed by atoms with Crippen LogP contribution < -0.4 is 10.5 Å².